The highest BCUT2D eigenvalue weighted by Gasteiger charge is 2.30. The molecule has 0 spiro atoms. The second-order valence-electron chi connectivity index (χ2n) is 3.92. The minimum atomic E-state index is -4.32. The van der Waals surface area contributed by atoms with Crippen molar-refractivity contribution in [3.8, 4) is 0 Å². The molecule has 0 amide bonds. The predicted octanol–water partition coefficient (Wildman–Crippen LogP) is 3.64. The predicted molar refractivity (Wildman–Crippen MR) is 65.5 cm³/mol. The number of benzene rings is 1. The van der Waals surface area contributed by atoms with Crippen molar-refractivity contribution in [3.05, 3.63) is 53.6 Å². The van der Waals surface area contributed by atoms with E-state index in [2.05, 4.69) is 22.6 Å². The van der Waals surface area contributed by atoms with E-state index in [4.69, 9.17) is 0 Å². The maximum Gasteiger partial charge on any atom is 0.416 e. The van der Waals surface area contributed by atoms with Crippen molar-refractivity contribution < 1.29 is 13.2 Å². The van der Waals surface area contributed by atoms with Gasteiger partial charge in [-0.3, -0.25) is 0 Å². The first-order valence-electron chi connectivity index (χ1n) is 5.29. The zero-order chi connectivity index (χ0) is 13.2. The summed E-state index contributed by atoms with van der Waals surface area (Å²) >= 11 is 4.33. The number of aromatic nitrogens is 2. The highest BCUT2D eigenvalue weighted by Crippen LogP contribution is 2.32. The van der Waals surface area contributed by atoms with Crippen molar-refractivity contribution in [1.29, 1.82) is 0 Å². The van der Waals surface area contributed by atoms with E-state index in [-0.39, 0.29) is 5.25 Å². The van der Waals surface area contributed by atoms with Gasteiger partial charge in [0.2, 0.25) is 0 Å². The minimum absolute atomic E-state index is 0.298. The first-order chi connectivity index (χ1) is 8.47. The number of hydrogen-bond donors (Lipinski definition) is 2. The smallest absolute Gasteiger partial charge is 0.348 e. The summed E-state index contributed by atoms with van der Waals surface area (Å²) in [6.45, 7) is 0. The number of H-pyrrole nitrogens is 1. The molecule has 0 fully saturated rings. The molecule has 0 aliphatic heterocycles. The van der Waals surface area contributed by atoms with Crippen molar-refractivity contribution in [2.75, 3.05) is 0 Å². The van der Waals surface area contributed by atoms with E-state index in [0.717, 1.165) is 17.8 Å². The number of hydrogen-bond acceptors (Lipinski definition) is 2. The lowest BCUT2D eigenvalue weighted by atomic mass is 10.0. The van der Waals surface area contributed by atoms with Crippen LogP contribution in [-0.2, 0) is 12.6 Å². The van der Waals surface area contributed by atoms with E-state index >= 15 is 0 Å². The van der Waals surface area contributed by atoms with E-state index in [9.17, 15) is 13.2 Å². The monoisotopic (exact) mass is 272 g/mol. The summed E-state index contributed by atoms with van der Waals surface area (Å²) in [5, 5.41) is -0.298. The molecule has 6 heteroatoms. The third kappa shape index (κ3) is 3.07. The molecule has 1 aromatic carbocycles. The molecule has 1 unspecified atom stereocenters. The zero-order valence-electron chi connectivity index (χ0n) is 9.28. The van der Waals surface area contributed by atoms with Crippen LogP contribution in [-0.4, -0.2) is 9.97 Å². The van der Waals surface area contributed by atoms with E-state index in [1.165, 1.54) is 12.4 Å². The topological polar surface area (TPSA) is 28.7 Å². The van der Waals surface area contributed by atoms with Crippen LogP contribution in [0.5, 0.6) is 0 Å². The summed E-state index contributed by atoms with van der Waals surface area (Å²) in [6.07, 6.45) is -0.652. The molecule has 0 radical (unpaired) electrons. The molecule has 2 nitrogen and oxygen atoms in total. The molecule has 0 aliphatic carbocycles. The Morgan fingerprint density at radius 2 is 2.11 bits per heavy atom. The summed E-state index contributed by atoms with van der Waals surface area (Å²) < 4.78 is 37.7. The Hall–Kier alpha value is -1.43. The molecule has 1 N–H and O–H groups in total. The largest absolute Gasteiger partial charge is 0.416 e. The molecule has 0 aliphatic rings. The van der Waals surface area contributed by atoms with Crippen molar-refractivity contribution in [1.82, 2.24) is 9.97 Å². The van der Waals surface area contributed by atoms with Crippen molar-refractivity contribution in [2.24, 2.45) is 0 Å². The van der Waals surface area contributed by atoms with Crippen LogP contribution in [0.3, 0.4) is 0 Å². The molecule has 1 heterocycles. The number of imidazole rings is 1. The van der Waals surface area contributed by atoms with E-state index in [0.29, 0.717) is 12.0 Å². The Kier molecular flexibility index (Phi) is 3.65. The molecule has 96 valence electrons. The number of thiol groups is 1. The fraction of sp³-hybridized carbons (Fsp3) is 0.250. The van der Waals surface area contributed by atoms with Crippen LogP contribution >= 0.6 is 12.6 Å². The van der Waals surface area contributed by atoms with Gasteiger partial charge in [-0.15, -0.1) is 0 Å². The summed E-state index contributed by atoms with van der Waals surface area (Å²) in [6, 6.07) is 5.23. The lowest BCUT2D eigenvalue weighted by Crippen LogP contribution is -2.06. The van der Waals surface area contributed by atoms with Crippen molar-refractivity contribution >= 4 is 12.6 Å². The highest BCUT2D eigenvalue weighted by molar-refractivity contribution is 7.80. The van der Waals surface area contributed by atoms with Gasteiger partial charge in [0.1, 0.15) is 0 Å². The van der Waals surface area contributed by atoms with Gasteiger partial charge in [0.25, 0.3) is 0 Å². The number of rotatable bonds is 3. The summed E-state index contributed by atoms with van der Waals surface area (Å²) in [4.78, 5) is 6.76. The van der Waals surface area contributed by atoms with Crippen molar-refractivity contribution in [3.63, 3.8) is 0 Å². The molecular weight excluding hydrogens is 261 g/mol. The van der Waals surface area contributed by atoms with E-state index in [1.54, 1.807) is 12.3 Å². The molecule has 0 saturated carbocycles. The lowest BCUT2D eigenvalue weighted by Gasteiger charge is -2.13. The number of halogens is 3. The second kappa shape index (κ2) is 5.06. The van der Waals surface area contributed by atoms with Gasteiger partial charge in [-0.25, -0.2) is 4.98 Å². The Bertz CT molecular complexity index is 508. The third-order valence-corrected chi connectivity index (χ3v) is 3.05. The maximum atomic E-state index is 12.6. The fourth-order valence-electron chi connectivity index (χ4n) is 1.64. The van der Waals surface area contributed by atoms with Gasteiger partial charge in [-0.05, 0) is 11.6 Å². The first kappa shape index (κ1) is 13.0. The zero-order valence-corrected chi connectivity index (χ0v) is 10.2. The number of nitrogens with zero attached hydrogens (tertiary/aromatic N) is 1. The highest BCUT2D eigenvalue weighted by atomic mass is 32.1. The van der Waals surface area contributed by atoms with Crippen LogP contribution in [0, 0.1) is 0 Å². The number of aromatic amines is 1. The van der Waals surface area contributed by atoms with Gasteiger partial charge in [0.15, 0.2) is 0 Å². The standard InChI is InChI=1S/C12H11F3N2S/c13-12(14,15)9-3-1-2-8(4-9)11(18)5-10-6-16-7-17-10/h1-4,6-7,11,18H,5H2,(H,16,17). The van der Waals surface area contributed by atoms with Crippen LogP contribution in [0.4, 0.5) is 13.2 Å². The minimum Gasteiger partial charge on any atom is -0.348 e. The Morgan fingerprint density at radius 1 is 1.33 bits per heavy atom. The summed E-state index contributed by atoms with van der Waals surface area (Å²) in [5.41, 5.74) is 0.735. The lowest BCUT2D eigenvalue weighted by molar-refractivity contribution is -0.137. The first-order valence-corrected chi connectivity index (χ1v) is 5.81. The summed E-state index contributed by atoms with van der Waals surface area (Å²) in [7, 11) is 0. The van der Waals surface area contributed by atoms with Gasteiger partial charge in [-0.2, -0.15) is 25.8 Å². The molecule has 0 saturated heterocycles. The average molecular weight is 272 g/mol. The van der Waals surface area contributed by atoms with Gasteiger partial charge < -0.3 is 4.98 Å². The fourth-order valence-corrected chi connectivity index (χ4v) is 2.00. The van der Waals surface area contributed by atoms with Gasteiger partial charge in [0.05, 0.1) is 11.9 Å². The molecule has 1 aromatic heterocycles. The van der Waals surface area contributed by atoms with Crippen LogP contribution < -0.4 is 0 Å². The quantitative estimate of drug-likeness (QED) is 0.820. The molecule has 2 aromatic rings. The Morgan fingerprint density at radius 3 is 2.72 bits per heavy atom. The molecule has 18 heavy (non-hydrogen) atoms. The number of alkyl halides is 3. The molecule has 0 bridgehead atoms. The van der Waals surface area contributed by atoms with Crippen LogP contribution in [0.1, 0.15) is 22.1 Å². The number of nitrogens with one attached hydrogen (secondary N) is 1. The molecule has 2 rings (SSSR count). The van der Waals surface area contributed by atoms with Crippen LogP contribution in [0.25, 0.3) is 0 Å². The van der Waals surface area contributed by atoms with Crippen molar-refractivity contribution in [2.45, 2.75) is 17.8 Å². The maximum absolute atomic E-state index is 12.6. The Labute approximate surface area is 108 Å². The summed E-state index contributed by atoms with van der Waals surface area (Å²) in [5.74, 6) is 0. The molecule has 1 atom stereocenters. The van der Waals surface area contributed by atoms with Crippen LogP contribution in [0.15, 0.2) is 36.8 Å². The van der Waals surface area contributed by atoms with E-state index < -0.39 is 11.7 Å². The van der Waals surface area contributed by atoms with E-state index in [1.807, 2.05) is 0 Å². The van der Waals surface area contributed by atoms with Gasteiger partial charge >= 0.3 is 6.18 Å². The molecular formula is C12H11F3N2S. The van der Waals surface area contributed by atoms with Gasteiger partial charge in [-0.1, -0.05) is 18.2 Å². The normalized spacial score (nSPS) is 13.6. The third-order valence-electron chi connectivity index (χ3n) is 2.57. The second-order valence-corrected chi connectivity index (χ2v) is 4.54. The Balaban J connectivity index is 2.18. The van der Waals surface area contributed by atoms with Crippen LogP contribution in [0.2, 0.25) is 0 Å². The SMILES string of the molecule is FC(F)(F)c1cccc(C(S)Cc2cnc[nH]2)c1. The average Bonchev–Trinajstić information content (AvgIpc) is 2.81. The van der Waals surface area contributed by atoms with Gasteiger partial charge in [0, 0.05) is 23.6 Å².